The van der Waals surface area contributed by atoms with Gasteiger partial charge in [-0.05, 0) is 72.0 Å². The molecule has 0 bridgehead atoms. The van der Waals surface area contributed by atoms with E-state index in [1.807, 2.05) is 13.8 Å². The SMILES string of the molecule is CCOC(=O)c1ccc(CN2C(=O)C(=O)/C(=C(\O)c3ccc(OC)c(C(C)C)c3)C2c2ccc(O)cc2)cc1. The Morgan fingerprint density at radius 3 is 2.21 bits per heavy atom. The zero-order valence-corrected chi connectivity index (χ0v) is 22.3. The van der Waals surface area contributed by atoms with Gasteiger partial charge in [0, 0.05) is 12.1 Å². The normalized spacial score (nSPS) is 16.5. The van der Waals surface area contributed by atoms with Crippen LogP contribution in [-0.2, 0) is 20.9 Å². The average molecular weight is 530 g/mol. The lowest BCUT2D eigenvalue weighted by atomic mass is 9.93. The highest BCUT2D eigenvalue weighted by atomic mass is 16.5. The highest BCUT2D eigenvalue weighted by molar-refractivity contribution is 6.46. The van der Waals surface area contributed by atoms with Crippen LogP contribution in [0.15, 0.2) is 72.3 Å². The minimum absolute atomic E-state index is 0.0296. The molecule has 4 rings (SSSR count). The predicted octanol–water partition coefficient (Wildman–Crippen LogP) is 5.32. The van der Waals surface area contributed by atoms with Crippen LogP contribution in [0, 0.1) is 0 Å². The van der Waals surface area contributed by atoms with Gasteiger partial charge in [0.05, 0.1) is 30.9 Å². The van der Waals surface area contributed by atoms with Gasteiger partial charge in [-0.25, -0.2) is 4.79 Å². The van der Waals surface area contributed by atoms with Crippen molar-refractivity contribution in [2.75, 3.05) is 13.7 Å². The molecule has 1 saturated heterocycles. The molecule has 3 aromatic rings. The van der Waals surface area contributed by atoms with E-state index in [1.165, 1.54) is 17.0 Å². The van der Waals surface area contributed by atoms with Crippen molar-refractivity contribution in [3.8, 4) is 11.5 Å². The molecular formula is C31H31NO7. The topological polar surface area (TPSA) is 113 Å². The Labute approximate surface area is 227 Å². The summed E-state index contributed by atoms with van der Waals surface area (Å²) in [5.41, 5.74) is 2.79. The van der Waals surface area contributed by atoms with Gasteiger partial charge in [0.2, 0.25) is 0 Å². The van der Waals surface area contributed by atoms with Crippen molar-refractivity contribution in [2.45, 2.75) is 39.3 Å². The fraction of sp³-hybridized carbons (Fsp3) is 0.258. The molecule has 8 nitrogen and oxygen atoms in total. The van der Waals surface area contributed by atoms with Crippen molar-refractivity contribution >= 4 is 23.4 Å². The molecule has 0 radical (unpaired) electrons. The molecule has 1 unspecified atom stereocenters. The quantitative estimate of drug-likeness (QED) is 0.176. The maximum atomic E-state index is 13.4. The van der Waals surface area contributed by atoms with Crippen LogP contribution in [-0.4, -0.2) is 46.5 Å². The number of benzene rings is 3. The van der Waals surface area contributed by atoms with Crippen molar-refractivity contribution in [2.24, 2.45) is 0 Å². The molecule has 39 heavy (non-hydrogen) atoms. The van der Waals surface area contributed by atoms with E-state index in [-0.39, 0.29) is 36.2 Å². The molecular weight excluding hydrogens is 498 g/mol. The van der Waals surface area contributed by atoms with Gasteiger partial charge in [-0.15, -0.1) is 0 Å². The number of phenolic OH excluding ortho intramolecular Hbond substituents is 1. The number of aliphatic hydroxyl groups is 1. The maximum Gasteiger partial charge on any atom is 0.338 e. The lowest BCUT2D eigenvalue weighted by molar-refractivity contribution is -0.140. The Hall–Kier alpha value is -4.59. The summed E-state index contributed by atoms with van der Waals surface area (Å²) in [6, 6.07) is 17.0. The lowest BCUT2D eigenvalue weighted by Crippen LogP contribution is -2.29. The van der Waals surface area contributed by atoms with Crippen LogP contribution in [0.4, 0.5) is 0 Å². The molecule has 0 spiro atoms. The van der Waals surface area contributed by atoms with Gasteiger partial charge in [-0.3, -0.25) is 9.59 Å². The Kier molecular flexibility index (Phi) is 8.04. The first-order valence-electron chi connectivity index (χ1n) is 12.7. The number of aromatic hydroxyl groups is 1. The van der Waals surface area contributed by atoms with Crippen LogP contribution in [0.3, 0.4) is 0 Å². The number of Topliss-reactive ketones (excluding diaryl/α,β-unsaturated/α-hetero) is 1. The first-order valence-corrected chi connectivity index (χ1v) is 12.7. The third-order valence-electron chi connectivity index (χ3n) is 6.69. The second kappa shape index (κ2) is 11.4. The van der Waals surface area contributed by atoms with Gasteiger partial charge in [-0.1, -0.05) is 38.1 Å². The van der Waals surface area contributed by atoms with Crippen molar-refractivity contribution in [1.29, 1.82) is 0 Å². The highest BCUT2D eigenvalue weighted by Crippen LogP contribution is 2.41. The summed E-state index contributed by atoms with van der Waals surface area (Å²) in [4.78, 5) is 40.1. The molecule has 1 amide bonds. The summed E-state index contributed by atoms with van der Waals surface area (Å²) >= 11 is 0. The van der Waals surface area contributed by atoms with Crippen LogP contribution in [0.1, 0.15) is 65.3 Å². The van der Waals surface area contributed by atoms with Crippen molar-refractivity contribution in [3.63, 3.8) is 0 Å². The molecule has 1 aliphatic heterocycles. The Bertz CT molecular complexity index is 1420. The summed E-state index contributed by atoms with van der Waals surface area (Å²) in [6.45, 7) is 6.01. The zero-order valence-electron chi connectivity index (χ0n) is 22.3. The molecule has 8 heteroatoms. The van der Waals surface area contributed by atoms with Crippen LogP contribution in [0.25, 0.3) is 5.76 Å². The van der Waals surface area contributed by atoms with E-state index in [0.717, 1.165) is 5.56 Å². The molecule has 202 valence electrons. The second-order valence-corrected chi connectivity index (χ2v) is 9.55. The molecule has 1 aliphatic rings. The van der Waals surface area contributed by atoms with Gasteiger partial charge in [-0.2, -0.15) is 0 Å². The van der Waals surface area contributed by atoms with E-state index >= 15 is 0 Å². The molecule has 0 saturated carbocycles. The fourth-order valence-corrected chi connectivity index (χ4v) is 4.69. The van der Waals surface area contributed by atoms with Crippen LogP contribution in [0.5, 0.6) is 11.5 Å². The zero-order chi connectivity index (χ0) is 28.3. The van der Waals surface area contributed by atoms with Gasteiger partial charge in [0.25, 0.3) is 11.7 Å². The number of esters is 1. The number of carbonyl (C=O) groups excluding carboxylic acids is 3. The molecule has 3 aromatic carbocycles. The largest absolute Gasteiger partial charge is 0.508 e. The van der Waals surface area contributed by atoms with Gasteiger partial charge in [0.1, 0.15) is 17.3 Å². The number of aliphatic hydroxyl groups excluding tert-OH is 1. The summed E-state index contributed by atoms with van der Waals surface area (Å²) < 4.78 is 10.5. The number of ether oxygens (including phenoxy) is 2. The number of likely N-dealkylation sites (tertiary alicyclic amines) is 1. The first-order chi connectivity index (χ1) is 18.7. The van der Waals surface area contributed by atoms with Gasteiger partial charge in [0.15, 0.2) is 0 Å². The van der Waals surface area contributed by atoms with Crippen LogP contribution < -0.4 is 4.74 Å². The molecule has 1 heterocycles. The number of carbonyl (C=O) groups is 3. The smallest absolute Gasteiger partial charge is 0.338 e. The lowest BCUT2D eigenvalue weighted by Gasteiger charge is -2.25. The summed E-state index contributed by atoms with van der Waals surface area (Å²) in [6.07, 6.45) is 0. The van der Waals surface area contributed by atoms with Crippen LogP contribution >= 0.6 is 0 Å². The van der Waals surface area contributed by atoms with E-state index in [1.54, 1.807) is 68.6 Å². The number of methoxy groups -OCH3 is 1. The number of phenols is 1. The number of amides is 1. The minimum Gasteiger partial charge on any atom is -0.508 e. The van der Waals surface area contributed by atoms with E-state index in [4.69, 9.17) is 9.47 Å². The number of nitrogens with zero attached hydrogens (tertiary/aromatic N) is 1. The first kappa shape index (κ1) is 27.4. The maximum absolute atomic E-state index is 13.4. The second-order valence-electron chi connectivity index (χ2n) is 9.55. The van der Waals surface area contributed by atoms with Crippen molar-refractivity contribution in [3.05, 3.63) is 100 Å². The number of hydrogen-bond acceptors (Lipinski definition) is 7. The van der Waals surface area contributed by atoms with Crippen molar-refractivity contribution < 1.29 is 34.1 Å². The fourth-order valence-electron chi connectivity index (χ4n) is 4.69. The summed E-state index contributed by atoms with van der Waals surface area (Å²) in [7, 11) is 1.57. The highest BCUT2D eigenvalue weighted by Gasteiger charge is 2.46. The number of ketones is 1. The molecule has 0 aromatic heterocycles. The van der Waals surface area contributed by atoms with E-state index in [2.05, 4.69) is 0 Å². The van der Waals surface area contributed by atoms with E-state index < -0.39 is 23.7 Å². The minimum atomic E-state index is -0.903. The Morgan fingerprint density at radius 1 is 0.974 bits per heavy atom. The molecule has 0 aliphatic carbocycles. The molecule has 1 atom stereocenters. The van der Waals surface area contributed by atoms with Gasteiger partial charge >= 0.3 is 5.97 Å². The van der Waals surface area contributed by atoms with Gasteiger partial charge < -0.3 is 24.6 Å². The standard InChI is InChI=1S/C31H31NO7/c1-5-39-31(37)21-8-6-19(7-9-21)17-32-27(20-10-13-23(33)14-11-20)26(29(35)30(32)36)28(34)22-12-15-25(38-4)24(16-22)18(2)3/h6-16,18,27,33-34H,5,17H2,1-4H3/b28-26-. The molecule has 2 N–H and O–H groups in total. The van der Waals surface area contributed by atoms with Crippen LogP contribution in [0.2, 0.25) is 0 Å². The summed E-state index contributed by atoms with van der Waals surface area (Å²) in [5, 5.41) is 21.3. The third kappa shape index (κ3) is 5.50. The van der Waals surface area contributed by atoms with E-state index in [9.17, 15) is 24.6 Å². The Morgan fingerprint density at radius 2 is 1.62 bits per heavy atom. The van der Waals surface area contributed by atoms with Crippen molar-refractivity contribution in [1.82, 2.24) is 4.90 Å². The van der Waals surface area contributed by atoms with E-state index in [0.29, 0.717) is 28.0 Å². The Balaban J connectivity index is 1.79. The average Bonchev–Trinajstić information content (AvgIpc) is 3.18. The third-order valence-corrected chi connectivity index (χ3v) is 6.69. The molecule has 1 fully saturated rings. The number of hydrogen-bond donors (Lipinski definition) is 2. The summed E-state index contributed by atoms with van der Waals surface area (Å²) in [5.74, 6) is -1.55. The monoisotopic (exact) mass is 529 g/mol. The number of rotatable bonds is 8. The predicted molar refractivity (Wildman–Crippen MR) is 145 cm³/mol.